The minimum Gasteiger partial charge on any atom is -0.462 e. The fourth-order valence-corrected chi connectivity index (χ4v) is 3.23. The first-order valence-electron chi connectivity index (χ1n) is 6.57. The molecule has 1 atom stereocenters. The van der Waals surface area contributed by atoms with Crippen molar-refractivity contribution in [2.75, 3.05) is 6.61 Å². The summed E-state index contributed by atoms with van der Waals surface area (Å²) in [6, 6.07) is 3.73. The van der Waals surface area contributed by atoms with E-state index in [1.807, 2.05) is 17.5 Å². The van der Waals surface area contributed by atoms with Gasteiger partial charge in [-0.25, -0.2) is 4.79 Å². The standard InChI is InChI=1S/C15H17NO4S/c1-4-19-15(18)13-12(10-6-5-7-21-10)11(8(2)17)9(3)20-14(13)16/h5-7,12H,4,16H2,1-3H3/t12-/m1/s1. The van der Waals surface area contributed by atoms with E-state index in [1.165, 1.54) is 18.3 Å². The largest absolute Gasteiger partial charge is 0.462 e. The van der Waals surface area contributed by atoms with Crippen molar-refractivity contribution in [3.63, 3.8) is 0 Å². The van der Waals surface area contributed by atoms with Gasteiger partial charge in [-0.15, -0.1) is 11.3 Å². The van der Waals surface area contributed by atoms with Crippen LogP contribution in [0.1, 0.15) is 31.6 Å². The highest BCUT2D eigenvalue weighted by Crippen LogP contribution is 2.41. The Bertz CT molecular complexity index is 628. The SMILES string of the molecule is CCOC(=O)C1=C(N)OC(C)=C(C(C)=O)[C@H]1c1cccs1. The minimum atomic E-state index is -0.556. The van der Waals surface area contributed by atoms with Crippen molar-refractivity contribution < 1.29 is 19.1 Å². The number of carbonyl (C=O) groups is 2. The summed E-state index contributed by atoms with van der Waals surface area (Å²) >= 11 is 1.45. The van der Waals surface area contributed by atoms with Gasteiger partial charge >= 0.3 is 5.97 Å². The Balaban J connectivity index is 2.58. The number of nitrogens with two attached hydrogens (primary N) is 1. The molecule has 2 N–H and O–H groups in total. The van der Waals surface area contributed by atoms with E-state index in [9.17, 15) is 9.59 Å². The van der Waals surface area contributed by atoms with Crippen molar-refractivity contribution in [1.29, 1.82) is 0 Å². The summed E-state index contributed by atoms with van der Waals surface area (Å²) in [4.78, 5) is 25.1. The summed E-state index contributed by atoms with van der Waals surface area (Å²) in [6.45, 7) is 5.07. The number of carbonyl (C=O) groups excluding carboxylic acids is 2. The summed E-state index contributed by atoms with van der Waals surface area (Å²) in [7, 11) is 0. The van der Waals surface area contributed by atoms with Gasteiger partial charge in [-0.2, -0.15) is 0 Å². The molecule has 0 aliphatic carbocycles. The molecule has 1 aromatic heterocycles. The number of hydrogen-bond acceptors (Lipinski definition) is 6. The zero-order valence-corrected chi connectivity index (χ0v) is 13.0. The van der Waals surface area contributed by atoms with Crippen LogP contribution in [0.3, 0.4) is 0 Å². The molecular formula is C15H17NO4S. The Labute approximate surface area is 127 Å². The lowest BCUT2D eigenvalue weighted by Gasteiger charge is -2.27. The molecule has 2 rings (SSSR count). The van der Waals surface area contributed by atoms with Crippen LogP contribution < -0.4 is 5.73 Å². The zero-order chi connectivity index (χ0) is 15.6. The van der Waals surface area contributed by atoms with Gasteiger partial charge in [-0.1, -0.05) is 6.07 Å². The lowest BCUT2D eigenvalue weighted by Crippen LogP contribution is -2.28. The Hall–Kier alpha value is -2.08. The van der Waals surface area contributed by atoms with E-state index in [4.69, 9.17) is 15.2 Å². The van der Waals surface area contributed by atoms with Gasteiger partial charge in [-0.3, -0.25) is 4.79 Å². The fraction of sp³-hybridized carbons (Fsp3) is 0.333. The van der Waals surface area contributed by atoms with E-state index in [0.29, 0.717) is 11.3 Å². The maximum absolute atomic E-state index is 12.2. The van der Waals surface area contributed by atoms with Crippen molar-refractivity contribution in [2.45, 2.75) is 26.7 Å². The molecule has 0 radical (unpaired) electrons. The number of ether oxygens (including phenoxy) is 2. The topological polar surface area (TPSA) is 78.6 Å². The normalized spacial score (nSPS) is 18.5. The van der Waals surface area contributed by atoms with Crippen molar-refractivity contribution >= 4 is 23.1 Å². The second-order valence-corrected chi connectivity index (χ2v) is 5.55. The van der Waals surface area contributed by atoms with Crippen LogP contribution >= 0.6 is 11.3 Å². The average Bonchev–Trinajstić information content (AvgIpc) is 2.90. The van der Waals surface area contributed by atoms with Gasteiger partial charge in [0.05, 0.1) is 12.5 Å². The molecule has 0 spiro atoms. The molecule has 5 nitrogen and oxygen atoms in total. The highest BCUT2D eigenvalue weighted by molar-refractivity contribution is 7.10. The Morgan fingerprint density at radius 1 is 1.43 bits per heavy atom. The van der Waals surface area contributed by atoms with Gasteiger partial charge in [0.25, 0.3) is 0 Å². The molecule has 0 unspecified atom stereocenters. The monoisotopic (exact) mass is 307 g/mol. The smallest absolute Gasteiger partial charge is 0.340 e. The third-order valence-electron chi connectivity index (χ3n) is 3.19. The van der Waals surface area contributed by atoms with Crippen molar-refractivity contribution in [3.8, 4) is 0 Å². The number of ketones is 1. The fourth-order valence-electron chi connectivity index (χ4n) is 2.38. The average molecular weight is 307 g/mol. The van der Waals surface area contributed by atoms with E-state index in [1.54, 1.807) is 13.8 Å². The number of thiophene rings is 1. The third-order valence-corrected chi connectivity index (χ3v) is 4.12. The van der Waals surface area contributed by atoms with Crippen molar-refractivity contribution in [2.24, 2.45) is 5.73 Å². The van der Waals surface area contributed by atoms with Gasteiger partial charge in [0.2, 0.25) is 5.88 Å². The molecule has 0 saturated carbocycles. The van der Waals surface area contributed by atoms with Crippen LogP contribution in [0.2, 0.25) is 0 Å². The molecule has 0 fully saturated rings. The van der Waals surface area contributed by atoms with Gasteiger partial charge in [-0.05, 0) is 32.2 Å². The Morgan fingerprint density at radius 3 is 2.67 bits per heavy atom. The predicted octanol–water partition coefficient (Wildman–Crippen LogP) is 2.46. The minimum absolute atomic E-state index is 0.00523. The molecule has 1 aromatic rings. The van der Waals surface area contributed by atoms with E-state index >= 15 is 0 Å². The Kier molecular flexibility index (Phi) is 4.47. The zero-order valence-electron chi connectivity index (χ0n) is 12.1. The summed E-state index contributed by atoms with van der Waals surface area (Å²) < 4.78 is 10.4. The van der Waals surface area contributed by atoms with E-state index in [0.717, 1.165) is 4.88 Å². The predicted molar refractivity (Wildman–Crippen MR) is 79.4 cm³/mol. The molecule has 1 aliphatic heterocycles. The van der Waals surface area contributed by atoms with Crippen LogP contribution in [0, 0.1) is 0 Å². The second kappa shape index (κ2) is 6.13. The van der Waals surface area contributed by atoms with Gasteiger partial charge in [0, 0.05) is 10.5 Å². The molecule has 0 amide bonds. The number of Topliss-reactive ketones (excluding diaryl/α,β-unsaturated/α-hetero) is 1. The molecular weight excluding hydrogens is 290 g/mol. The van der Waals surface area contributed by atoms with Crippen LogP contribution in [0.4, 0.5) is 0 Å². The van der Waals surface area contributed by atoms with Crippen molar-refractivity contribution in [3.05, 3.63) is 45.2 Å². The molecule has 0 saturated heterocycles. The highest BCUT2D eigenvalue weighted by atomic mass is 32.1. The lowest BCUT2D eigenvalue weighted by molar-refractivity contribution is -0.139. The van der Waals surface area contributed by atoms with Crippen LogP contribution in [0.25, 0.3) is 0 Å². The van der Waals surface area contributed by atoms with Crippen molar-refractivity contribution in [1.82, 2.24) is 0 Å². The van der Waals surface area contributed by atoms with E-state index < -0.39 is 11.9 Å². The first-order valence-corrected chi connectivity index (χ1v) is 7.45. The summed E-state index contributed by atoms with van der Waals surface area (Å²) in [5.74, 6) is -0.823. The van der Waals surface area contributed by atoms with Gasteiger partial charge in [0.1, 0.15) is 11.3 Å². The molecule has 0 bridgehead atoms. The number of hydrogen-bond donors (Lipinski definition) is 1. The lowest BCUT2D eigenvalue weighted by atomic mass is 9.85. The molecule has 6 heteroatoms. The van der Waals surface area contributed by atoms with Crippen LogP contribution in [0.15, 0.2) is 40.3 Å². The molecule has 0 aromatic carbocycles. The molecule has 2 heterocycles. The number of esters is 1. The molecule has 112 valence electrons. The summed E-state index contributed by atoms with van der Waals surface area (Å²) in [6.07, 6.45) is 0. The summed E-state index contributed by atoms with van der Waals surface area (Å²) in [5, 5.41) is 1.89. The summed E-state index contributed by atoms with van der Waals surface area (Å²) in [5.41, 5.74) is 6.50. The third kappa shape index (κ3) is 2.85. The number of rotatable bonds is 4. The van der Waals surface area contributed by atoms with E-state index in [2.05, 4.69) is 0 Å². The first kappa shape index (κ1) is 15.3. The maximum atomic E-state index is 12.2. The van der Waals surface area contributed by atoms with E-state index in [-0.39, 0.29) is 23.8 Å². The second-order valence-electron chi connectivity index (χ2n) is 4.57. The van der Waals surface area contributed by atoms with Gasteiger partial charge < -0.3 is 15.2 Å². The molecule has 1 aliphatic rings. The van der Waals surface area contributed by atoms with Crippen LogP contribution in [-0.2, 0) is 19.1 Å². The Morgan fingerprint density at radius 2 is 2.14 bits per heavy atom. The maximum Gasteiger partial charge on any atom is 0.340 e. The quantitative estimate of drug-likeness (QED) is 0.864. The first-order chi connectivity index (χ1) is 9.97. The highest BCUT2D eigenvalue weighted by Gasteiger charge is 2.38. The van der Waals surface area contributed by atoms with Crippen LogP contribution in [-0.4, -0.2) is 18.4 Å². The number of allylic oxidation sites excluding steroid dienone is 2. The van der Waals surface area contributed by atoms with Crippen LogP contribution in [0.5, 0.6) is 0 Å². The van der Waals surface area contributed by atoms with Gasteiger partial charge in [0.15, 0.2) is 5.78 Å². The molecule has 21 heavy (non-hydrogen) atoms.